The first-order valence-electron chi connectivity index (χ1n) is 7.58. The average Bonchev–Trinajstić information content (AvgIpc) is 2.95. The molecule has 4 heteroatoms. The molecule has 0 aliphatic carbocycles. The summed E-state index contributed by atoms with van der Waals surface area (Å²) < 4.78 is 2.30. The van der Waals surface area contributed by atoms with Crippen molar-refractivity contribution in [2.45, 2.75) is 46.6 Å². The molecule has 0 bridgehead atoms. The van der Waals surface area contributed by atoms with E-state index in [4.69, 9.17) is 0 Å². The van der Waals surface area contributed by atoms with Gasteiger partial charge in [0.05, 0.1) is 5.69 Å². The fourth-order valence-corrected chi connectivity index (χ4v) is 2.71. The van der Waals surface area contributed by atoms with E-state index in [0.717, 1.165) is 24.7 Å². The van der Waals surface area contributed by atoms with Gasteiger partial charge in [-0.3, -0.25) is 0 Å². The predicted molar refractivity (Wildman–Crippen MR) is 80.7 cm³/mol. The van der Waals surface area contributed by atoms with Crippen molar-refractivity contribution < 1.29 is 0 Å². The van der Waals surface area contributed by atoms with Crippen LogP contribution < -0.4 is 5.32 Å². The smallest absolute Gasteiger partial charge is 0.203 e. The van der Waals surface area contributed by atoms with Crippen molar-refractivity contribution in [1.82, 2.24) is 14.5 Å². The summed E-state index contributed by atoms with van der Waals surface area (Å²) in [6.07, 6.45) is 4.88. The van der Waals surface area contributed by atoms with E-state index < -0.39 is 0 Å². The normalized spacial score (nSPS) is 18.2. The van der Waals surface area contributed by atoms with Gasteiger partial charge >= 0.3 is 0 Å². The Morgan fingerprint density at radius 1 is 1.26 bits per heavy atom. The number of rotatable bonds is 6. The molecule has 1 fully saturated rings. The third-order valence-corrected chi connectivity index (χ3v) is 3.72. The maximum absolute atomic E-state index is 4.61. The number of nitrogens with one attached hydrogen (secondary N) is 1. The first-order valence-corrected chi connectivity index (χ1v) is 7.58. The number of imidazole rings is 1. The van der Waals surface area contributed by atoms with Crippen LogP contribution in [0.25, 0.3) is 0 Å². The van der Waals surface area contributed by atoms with Gasteiger partial charge in [-0.2, -0.15) is 0 Å². The maximum atomic E-state index is 4.61. The van der Waals surface area contributed by atoms with Crippen LogP contribution in [0.2, 0.25) is 0 Å². The van der Waals surface area contributed by atoms with Crippen LogP contribution >= 0.6 is 0 Å². The van der Waals surface area contributed by atoms with Crippen molar-refractivity contribution >= 4 is 5.95 Å². The summed E-state index contributed by atoms with van der Waals surface area (Å²) in [7, 11) is 0. The van der Waals surface area contributed by atoms with Crippen LogP contribution in [0.3, 0.4) is 0 Å². The summed E-state index contributed by atoms with van der Waals surface area (Å²) in [5, 5.41) is 3.47. The lowest BCUT2D eigenvalue weighted by molar-refractivity contribution is 0.288. The van der Waals surface area contributed by atoms with Crippen LogP contribution in [0.1, 0.15) is 45.3 Å². The van der Waals surface area contributed by atoms with E-state index in [0.29, 0.717) is 12.0 Å². The van der Waals surface area contributed by atoms with E-state index in [1.165, 1.54) is 25.9 Å². The Bertz CT molecular complexity index is 391. The van der Waals surface area contributed by atoms with Crippen LogP contribution in [0, 0.1) is 12.8 Å². The molecular formula is C15H28N4. The lowest BCUT2D eigenvalue weighted by Gasteiger charge is -2.23. The van der Waals surface area contributed by atoms with Crippen LogP contribution in [0.15, 0.2) is 6.20 Å². The van der Waals surface area contributed by atoms with Crippen LogP contribution in [0.5, 0.6) is 0 Å². The highest BCUT2D eigenvalue weighted by molar-refractivity contribution is 5.29. The summed E-state index contributed by atoms with van der Waals surface area (Å²) >= 11 is 0. The molecule has 0 radical (unpaired) electrons. The molecule has 1 unspecified atom stereocenters. The van der Waals surface area contributed by atoms with Gasteiger partial charge in [0.15, 0.2) is 0 Å². The first-order chi connectivity index (χ1) is 9.06. The molecule has 1 saturated heterocycles. The molecule has 0 aromatic carbocycles. The molecule has 19 heavy (non-hydrogen) atoms. The van der Waals surface area contributed by atoms with E-state index in [-0.39, 0.29) is 0 Å². The summed E-state index contributed by atoms with van der Waals surface area (Å²) in [5.74, 6) is 1.66. The number of aromatic nitrogens is 2. The second-order valence-corrected chi connectivity index (χ2v) is 6.24. The van der Waals surface area contributed by atoms with Crippen LogP contribution in [0.4, 0.5) is 5.95 Å². The topological polar surface area (TPSA) is 33.1 Å². The van der Waals surface area contributed by atoms with Crippen molar-refractivity contribution in [3.63, 3.8) is 0 Å². The third-order valence-electron chi connectivity index (χ3n) is 3.72. The number of anilines is 1. The second kappa shape index (κ2) is 6.42. The molecule has 1 aromatic heterocycles. The number of likely N-dealkylation sites (tertiary alicyclic amines) is 1. The molecule has 1 atom stereocenters. The Hall–Kier alpha value is -1.03. The minimum atomic E-state index is 0.481. The fraction of sp³-hybridized carbons (Fsp3) is 0.800. The van der Waals surface area contributed by atoms with Gasteiger partial charge in [-0.25, -0.2) is 4.98 Å². The Morgan fingerprint density at radius 2 is 1.95 bits per heavy atom. The van der Waals surface area contributed by atoms with Gasteiger partial charge in [0.25, 0.3) is 0 Å². The zero-order valence-corrected chi connectivity index (χ0v) is 12.8. The highest BCUT2D eigenvalue weighted by atomic mass is 15.2. The minimum Gasteiger partial charge on any atom is -0.355 e. The van der Waals surface area contributed by atoms with Crippen molar-refractivity contribution in [3.8, 4) is 0 Å². The number of nitrogens with zero attached hydrogens (tertiary/aromatic N) is 3. The van der Waals surface area contributed by atoms with Crippen LogP contribution in [-0.4, -0.2) is 40.6 Å². The quantitative estimate of drug-likeness (QED) is 0.857. The standard InChI is InChI=1S/C15H28N4/c1-12(2)9-16-15-17-13(3)10-19(15)14(4)11-18-7-5-6-8-18/h10,12,14H,5-9,11H2,1-4H3,(H,16,17). The van der Waals surface area contributed by atoms with Crippen molar-refractivity contribution in [2.75, 3.05) is 31.5 Å². The van der Waals surface area contributed by atoms with E-state index in [9.17, 15) is 0 Å². The molecule has 0 saturated carbocycles. The molecule has 108 valence electrons. The van der Waals surface area contributed by atoms with Crippen LogP contribution in [-0.2, 0) is 0 Å². The van der Waals surface area contributed by atoms with Gasteiger partial charge in [-0.1, -0.05) is 13.8 Å². The van der Waals surface area contributed by atoms with Gasteiger partial charge in [-0.15, -0.1) is 0 Å². The number of hydrogen-bond acceptors (Lipinski definition) is 3. The predicted octanol–water partition coefficient (Wildman–Crippen LogP) is 2.92. The molecular weight excluding hydrogens is 236 g/mol. The highest BCUT2D eigenvalue weighted by Gasteiger charge is 2.18. The van der Waals surface area contributed by atoms with Gasteiger partial charge in [-0.05, 0) is 45.7 Å². The van der Waals surface area contributed by atoms with Crippen molar-refractivity contribution in [2.24, 2.45) is 5.92 Å². The summed E-state index contributed by atoms with van der Waals surface area (Å²) in [6, 6.07) is 0.481. The third kappa shape index (κ3) is 3.96. The van der Waals surface area contributed by atoms with E-state index in [1.54, 1.807) is 0 Å². The minimum absolute atomic E-state index is 0.481. The Balaban J connectivity index is 2.00. The van der Waals surface area contributed by atoms with Crippen molar-refractivity contribution in [3.05, 3.63) is 11.9 Å². The van der Waals surface area contributed by atoms with E-state index in [1.807, 2.05) is 0 Å². The summed E-state index contributed by atoms with van der Waals surface area (Å²) in [5.41, 5.74) is 1.10. The van der Waals surface area contributed by atoms with Gasteiger partial charge in [0, 0.05) is 25.3 Å². The molecule has 2 rings (SSSR count). The lowest BCUT2D eigenvalue weighted by Crippen LogP contribution is -2.27. The van der Waals surface area contributed by atoms with Gasteiger partial charge in [0.1, 0.15) is 0 Å². The monoisotopic (exact) mass is 264 g/mol. The summed E-state index contributed by atoms with van der Waals surface area (Å²) in [4.78, 5) is 7.17. The molecule has 1 aliphatic rings. The molecule has 4 nitrogen and oxygen atoms in total. The molecule has 1 aromatic rings. The van der Waals surface area contributed by atoms with E-state index >= 15 is 0 Å². The molecule has 1 N–H and O–H groups in total. The molecule has 1 aliphatic heterocycles. The highest BCUT2D eigenvalue weighted by Crippen LogP contribution is 2.19. The van der Waals surface area contributed by atoms with Crippen molar-refractivity contribution in [1.29, 1.82) is 0 Å². The number of aryl methyl sites for hydroxylation is 1. The Morgan fingerprint density at radius 3 is 2.58 bits per heavy atom. The molecule has 0 spiro atoms. The zero-order valence-electron chi connectivity index (χ0n) is 12.8. The largest absolute Gasteiger partial charge is 0.355 e. The molecule has 0 amide bonds. The fourth-order valence-electron chi connectivity index (χ4n) is 2.71. The Kier molecular flexibility index (Phi) is 4.86. The average molecular weight is 264 g/mol. The Labute approximate surface area is 117 Å². The second-order valence-electron chi connectivity index (χ2n) is 6.24. The zero-order chi connectivity index (χ0) is 13.8. The maximum Gasteiger partial charge on any atom is 0.203 e. The molecule has 2 heterocycles. The SMILES string of the molecule is Cc1cn(C(C)CN2CCCC2)c(NCC(C)C)n1. The first kappa shape index (κ1) is 14.4. The number of hydrogen-bond donors (Lipinski definition) is 1. The van der Waals surface area contributed by atoms with Gasteiger partial charge in [0.2, 0.25) is 5.95 Å². The lowest BCUT2D eigenvalue weighted by atomic mass is 10.2. The summed E-state index contributed by atoms with van der Waals surface area (Å²) in [6.45, 7) is 13.4. The van der Waals surface area contributed by atoms with Gasteiger partial charge < -0.3 is 14.8 Å². The van der Waals surface area contributed by atoms with E-state index in [2.05, 4.69) is 53.7 Å².